The number of urea groups is 1. The lowest BCUT2D eigenvalue weighted by molar-refractivity contribution is 0.119. The molecule has 5 heteroatoms. The van der Waals surface area contributed by atoms with Crippen molar-refractivity contribution < 1.29 is 14.3 Å². The van der Waals surface area contributed by atoms with Crippen molar-refractivity contribution in [2.75, 3.05) is 7.11 Å². The van der Waals surface area contributed by atoms with Crippen LogP contribution in [0.3, 0.4) is 0 Å². The largest absolute Gasteiger partial charge is 0.452 e. The molecule has 1 N–H and O–H groups in total. The summed E-state index contributed by atoms with van der Waals surface area (Å²) in [6, 6.07) is -0.656. The Labute approximate surface area is 84.4 Å². The van der Waals surface area contributed by atoms with Crippen LogP contribution in [0.4, 0.5) is 9.59 Å². The standard InChI is InChI=1S/C9H18N2O3/c1-6(2)10-8(12)11(7(3)4)9(13)14-5/h6-7H,1-5H3,(H,10,12). The molecule has 0 aromatic heterocycles. The SMILES string of the molecule is COC(=O)N(C(=O)NC(C)C)C(C)C. The molecule has 0 aromatic carbocycles. The first-order valence-corrected chi connectivity index (χ1v) is 4.57. The van der Waals surface area contributed by atoms with Gasteiger partial charge >= 0.3 is 12.1 Å². The van der Waals surface area contributed by atoms with Crippen molar-refractivity contribution in [3.63, 3.8) is 0 Å². The van der Waals surface area contributed by atoms with Gasteiger partial charge in [0.2, 0.25) is 0 Å². The summed E-state index contributed by atoms with van der Waals surface area (Å²) in [5.74, 6) is 0. The molecular weight excluding hydrogens is 184 g/mol. The quantitative estimate of drug-likeness (QED) is 0.739. The van der Waals surface area contributed by atoms with Gasteiger partial charge in [0.05, 0.1) is 7.11 Å². The number of hydrogen-bond acceptors (Lipinski definition) is 3. The van der Waals surface area contributed by atoms with Gasteiger partial charge in [0.25, 0.3) is 0 Å². The number of nitrogens with zero attached hydrogens (tertiary/aromatic N) is 1. The molecular formula is C9H18N2O3. The highest BCUT2D eigenvalue weighted by atomic mass is 16.5. The minimum Gasteiger partial charge on any atom is -0.452 e. The van der Waals surface area contributed by atoms with E-state index in [1.807, 2.05) is 13.8 Å². The maximum absolute atomic E-state index is 11.5. The summed E-state index contributed by atoms with van der Waals surface area (Å²) in [6.45, 7) is 7.15. The molecule has 0 atom stereocenters. The van der Waals surface area contributed by atoms with Crippen LogP contribution < -0.4 is 5.32 Å². The lowest BCUT2D eigenvalue weighted by atomic mass is 10.3. The van der Waals surface area contributed by atoms with Gasteiger partial charge in [-0.1, -0.05) is 0 Å². The summed E-state index contributed by atoms with van der Waals surface area (Å²) in [7, 11) is 1.25. The maximum atomic E-state index is 11.5. The second-order valence-corrected chi connectivity index (χ2v) is 3.54. The summed E-state index contributed by atoms with van der Waals surface area (Å²) in [5.41, 5.74) is 0. The molecule has 0 spiro atoms. The number of rotatable bonds is 2. The van der Waals surface area contributed by atoms with Crippen LogP contribution in [0.2, 0.25) is 0 Å². The van der Waals surface area contributed by atoms with Crippen LogP contribution in [0.5, 0.6) is 0 Å². The molecule has 0 radical (unpaired) electrons. The van der Waals surface area contributed by atoms with Crippen LogP contribution in [0.1, 0.15) is 27.7 Å². The molecule has 0 aromatic rings. The van der Waals surface area contributed by atoms with Gasteiger partial charge in [0, 0.05) is 12.1 Å². The molecule has 3 amide bonds. The Bertz CT molecular complexity index is 214. The van der Waals surface area contributed by atoms with Crippen molar-refractivity contribution in [3.8, 4) is 0 Å². The predicted octanol–water partition coefficient (Wildman–Crippen LogP) is 1.58. The Hall–Kier alpha value is -1.26. The first-order valence-electron chi connectivity index (χ1n) is 4.57. The Balaban J connectivity index is 4.50. The average Bonchev–Trinajstić information content (AvgIpc) is 2.01. The number of carbonyl (C=O) groups is 2. The van der Waals surface area contributed by atoms with Crippen molar-refractivity contribution in [2.45, 2.75) is 39.8 Å². The van der Waals surface area contributed by atoms with Gasteiger partial charge in [-0.3, -0.25) is 0 Å². The monoisotopic (exact) mass is 202 g/mol. The average molecular weight is 202 g/mol. The Morgan fingerprint density at radius 3 is 2.00 bits per heavy atom. The van der Waals surface area contributed by atoms with E-state index in [4.69, 9.17) is 0 Å². The van der Waals surface area contributed by atoms with E-state index in [2.05, 4.69) is 10.1 Å². The predicted molar refractivity (Wildman–Crippen MR) is 53.0 cm³/mol. The first kappa shape index (κ1) is 12.7. The molecule has 0 aliphatic carbocycles. The van der Waals surface area contributed by atoms with Crippen LogP contribution in [0.25, 0.3) is 0 Å². The minimum absolute atomic E-state index is 0.00611. The van der Waals surface area contributed by atoms with E-state index in [1.54, 1.807) is 13.8 Å². The summed E-state index contributed by atoms with van der Waals surface area (Å²) < 4.78 is 4.50. The molecule has 0 aliphatic rings. The lowest BCUT2D eigenvalue weighted by Gasteiger charge is -2.24. The number of amides is 3. The molecule has 5 nitrogen and oxygen atoms in total. The third kappa shape index (κ3) is 3.64. The van der Waals surface area contributed by atoms with Gasteiger partial charge in [-0.15, -0.1) is 0 Å². The van der Waals surface area contributed by atoms with Gasteiger partial charge in [-0.2, -0.15) is 0 Å². The van der Waals surface area contributed by atoms with E-state index in [1.165, 1.54) is 7.11 Å². The third-order valence-corrected chi connectivity index (χ3v) is 1.52. The Morgan fingerprint density at radius 1 is 1.21 bits per heavy atom. The van der Waals surface area contributed by atoms with Crippen molar-refractivity contribution in [1.82, 2.24) is 10.2 Å². The fourth-order valence-electron chi connectivity index (χ4n) is 0.943. The van der Waals surface area contributed by atoms with Crippen LogP contribution in [-0.2, 0) is 4.74 Å². The zero-order valence-corrected chi connectivity index (χ0v) is 9.33. The first-order chi connectivity index (χ1) is 6.40. The molecule has 0 saturated carbocycles. The summed E-state index contributed by atoms with van der Waals surface area (Å²) in [4.78, 5) is 23.8. The molecule has 0 bridgehead atoms. The van der Waals surface area contributed by atoms with Crippen LogP contribution in [0, 0.1) is 0 Å². The summed E-state index contributed by atoms with van der Waals surface area (Å²) >= 11 is 0. The number of imide groups is 1. The zero-order chi connectivity index (χ0) is 11.3. The fourth-order valence-corrected chi connectivity index (χ4v) is 0.943. The molecule has 0 fully saturated rings. The van der Waals surface area contributed by atoms with Gasteiger partial charge in [-0.25, -0.2) is 14.5 Å². The molecule has 0 heterocycles. The highest BCUT2D eigenvalue weighted by molar-refractivity contribution is 5.91. The number of methoxy groups -OCH3 is 1. The zero-order valence-electron chi connectivity index (χ0n) is 9.33. The smallest absolute Gasteiger partial charge is 0.417 e. The normalized spacial score (nSPS) is 10.2. The molecule has 14 heavy (non-hydrogen) atoms. The van der Waals surface area contributed by atoms with Crippen LogP contribution in [-0.4, -0.2) is 36.2 Å². The molecule has 0 saturated heterocycles. The van der Waals surface area contributed by atoms with E-state index < -0.39 is 12.1 Å². The van der Waals surface area contributed by atoms with Crippen LogP contribution >= 0.6 is 0 Å². The van der Waals surface area contributed by atoms with Crippen molar-refractivity contribution >= 4 is 12.1 Å². The van der Waals surface area contributed by atoms with E-state index in [9.17, 15) is 9.59 Å². The van der Waals surface area contributed by atoms with E-state index in [0.717, 1.165) is 4.90 Å². The third-order valence-electron chi connectivity index (χ3n) is 1.52. The topological polar surface area (TPSA) is 58.6 Å². The Kier molecular flexibility index (Phi) is 4.97. The Morgan fingerprint density at radius 2 is 1.71 bits per heavy atom. The van der Waals surface area contributed by atoms with Gasteiger partial charge in [0.1, 0.15) is 0 Å². The second-order valence-electron chi connectivity index (χ2n) is 3.54. The summed E-state index contributed by atoms with van der Waals surface area (Å²) in [6.07, 6.45) is -0.641. The number of ether oxygens (including phenoxy) is 1. The molecule has 0 unspecified atom stereocenters. The van der Waals surface area contributed by atoms with E-state index in [-0.39, 0.29) is 12.1 Å². The minimum atomic E-state index is -0.641. The maximum Gasteiger partial charge on any atom is 0.417 e. The van der Waals surface area contributed by atoms with Gasteiger partial charge < -0.3 is 10.1 Å². The van der Waals surface area contributed by atoms with E-state index >= 15 is 0 Å². The number of hydrogen-bond donors (Lipinski definition) is 1. The highest BCUT2D eigenvalue weighted by Crippen LogP contribution is 2.02. The van der Waals surface area contributed by atoms with Crippen molar-refractivity contribution in [2.24, 2.45) is 0 Å². The van der Waals surface area contributed by atoms with Crippen molar-refractivity contribution in [3.05, 3.63) is 0 Å². The molecule has 0 aliphatic heterocycles. The summed E-state index contributed by atoms with van der Waals surface area (Å²) in [5, 5.41) is 2.63. The number of carbonyl (C=O) groups excluding carboxylic acids is 2. The molecule has 0 rings (SSSR count). The number of nitrogens with one attached hydrogen (secondary N) is 1. The van der Waals surface area contributed by atoms with Crippen LogP contribution in [0.15, 0.2) is 0 Å². The van der Waals surface area contributed by atoms with Gasteiger partial charge in [-0.05, 0) is 27.7 Å². The van der Waals surface area contributed by atoms with E-state index in [0.29, 0.717) is 0 Å². The molecule has 82 valence electrons. The highest BCUT2D eigenvalue weighted by Gasteiger charge is 2.25. The van der Waals surface area contributed by atoms with Crippen molar-refractivity contribution in [1.29, 1.82) is 0 Å². The fraction of sp³-hybridized carbons (Fsp3) is 0.778. The lowest BCUT2D eigenvalue weighted by Crippen LogP contribution is -2.49. The van der Waals surface area contributed by atoms with Gasteiger partial charge in [0.15, 0.2) is 0 Å². The second kappa shape index (κ2) is 5.47.